The number of rotatable bonds is 40. The number of unbranched alkanes of at least 4 members (excludes halogenated alkanes) is 28. The molecule has 57 heavy (non-hydrogen) atoms. The Labute approximate surface area is 356 Å². The minimum atomic E-state index is -0.782. The fourth-order valence-corrected chi connectivity index (χ4v) is 8.56. The van der Waals surface area contributed by atoms with E-state index >= 15 is 0 Å². The summed E-state index contributed by atoms with van der Waals surface area (Å²) in [7, 11) is 0. The van der Waals surface area contributed by atoms with Gasteiger partial charge in [0.1, 0.15) is 0 Å². The highest BCUT2D eigenvalue weighted by atomic mass is 16.7. The summed E-state index contributed by atoms with van der Waals surface area (Å²) in [5, 5.41) is 14.4. The highest BCUT2D eigenvalue weighted by Gasteiger charge is 2.39. The number of ether oxygens (including phenoxy) is 2. The van der Waals surface area contributed by atoms with Gasteiger partial charge in [-0.05, 0) is 63.2 Å². The summed E-state index contributed by atoms with van der Waals surface area (Å²) >= 11 is 0. The lowest BCUT2D eigenvalue weighted by molar-refractivity contribution is -0.251. The Kier molecular flexibility index (Phi) is 36.8. The highest BCUT2D eigenvalue weighted by Crippen LogP contribution is 2.36. The van der Waals surface area contributed by atoms with E-state index in [1.54, 1.807) is 0 Å². The van der Waals surface area contributed by atoms with Crippen molar-refractivity contribution in [3.63, 3.8) is 0 Å². The predicted octanol–water partition coefficient (Wildman–Crippen LogP) is 15.5. The molecule has 7 atom stereocenters. The van der Waals surface area contributed by atoms with Gasteiger partial charge in [-0.1, -0.05) is 220 Å². The van der Waals surface area contributed by atoms with Crippen LogP contribution in [0.3, 0.4) is 0 Å². The van der Waals surface area contributed by atoms with E-state index in [0.717, 1.165) is 32.1 Å². The molecular formula is C52H99NO4. The van der Waals surface area contributed by atoms with Crippen molar-refractivity contribution in [2.75, 3.05) is 6.61 Å². The van der Waals surface area contributed by atoms with Gasteiger partial charge in [0.25, 0.3) is 0 Å². The van der Waals surface area contributed by atoms with Crippen LogP contribution < -0.4 is 5.32 Å². The lowest BCUT2D eigenvalue weighted by Crippen LogP contribution is -2.50. The topological polar surface area (TPSA) is 67.8 Å². The second kappa shape index (κ2) is 39.0. The summed E-state index contributed by atoms with van der Waals surface area (Å²) in [5.41, 5.74) is 0. The number of allylic oxidation sites excluding steroid dienone is 3. The monoisotopic (exact) mass is 802 g/mol. The van der Waals surface area contributed by atoms with Crippen molar-refractivity contribution in [3.05, 3.63) is 24.3 Å². The fraction of sp³-hybridized carbons (Fsp3) is 0.904. The van der Waals surface area contributed by atoms with Gasteiger partial charge in [-0.3, -0.25) is 4.79 Å². The van der Waals surface area contributed by atoms with E-state index in [-0.39, 0.29) is 30.8 Å². The molecule has 0 saturated carbocycles. The van der Waals surface area contributed by atoms with E-state index in [0.29, 0.717) is 18.3 Å². The van der Waals surface area contributed by atoms with E-state index in [9.17, 15) is 9.90 Å². The van der Waals surface area contributed by atoms with E-state index in [4.69, 9.17) is 9.47 Å². The van der Waals surface area contributed by atoms with Crippen LogP contribution in [-0.4, -0.2) is 42.2 Å². The molecule has 0 aromatic carbocycles. The third-order valence-corrected chi connectivity index (χ3v) is 13.1. The van der Waals surface area contributed by atoms with Crippen molar-refractivity contribution in [2.45, 2.75) is 278 Å². The molecule has 1 saturated heterocycles. The molecule has 0 spiro atoms. The molecule has 0 bridgehead atoms. The molecule has 1 aliphatic heterocycles. The van der Waals surface area contributed by atoms with Gasteiger partial charge < -0.3 is 19.9 Å². The number of hydrogen-bond donors (Lipinski definition) is 2. The van der Waals surface area contributed by atoms with Gasteiger partial charge in [-0.2, -0.15) is 0 Å². The van der Waals surface area contributed by atoms with Crippen molar-refractivity contribution in [1.82, 2.24) is 5.32 Å². The number of hydrogen-bond acceptors (Lipinski definition) is 4. The molecule has 1 aliphatic rings. The molecule has 0 aromatic rings. The van der Waals surface area contributed by atoms with Crippen LogP contribution in [0.5, 0.6) is 0 Å². The molecule has 0 aromatic heterocycles. The fourth-order valence-electron chi connectivity index (χ4n) is 8.56. The lowest BCUT2D eigenvalue weighted by Gasteiger charge is -2.43. The summed E-state index contributed by atoms with van der Waals surface area (Å²) in [6.45, 7) is 13.8. The van der Waals surface area contributed by atoms with E-state index in [1.807, 2.05) is 6.08 Å². The molecule has 1 fully saturated rings. The molecule has 1 amide bonds. The second-order valence-electron chi connectivity index (χ2n) is 18.2. The van der Waals surface area contributed by atoms with Crippen LogP contribution in [0, 0.1) is 17.8 Å². The zero-order valence-corrected chi connectivity index (χ0v) is 39.1. The molecule has 1 heterocycles. The number of amides is 1. The summed E-state index contributed by atoms with van der Waals surface area (Å²) in [5.74, 6) is 1.24. The third kappa shape index (κ3) is 29.7. The smallest absolute Gasteiger partial charge is 0.220 e. The first kappa shape index (κ1) is 53.8. The van der Waals surface area contributed by atoms with Gasteiger partial charge >= 0.3 is 0 Å². The van der Waals surface area contributed by atoms with Crippen LogP contribution in [0.2, 0.25) is 0 Å². The molecule has 336 valence electrons. The Morgan fingerprint density at radius 3 is 1.40 bits per heavy atom. The average molecular weight is 802 g/mol. The molecule has 2 N–H and O–H groups in total. The normalized spacial score (nSPS) is 21.1. The molecule has 5 unspecified atom stereocenters. The van der Waals surface area contributed by atoms with Crippen molar-refractivity contribution >= 4 is 5.91 Å². The van der Waals surface area contributed by atoms with Gasteiger partial charge in [0.15, 0.2) is 6.29 Å². The summed E-state index contributed by atoms with van der Waals surface area (Å²) in [6.07, 6.45) is 49.7. The lowest BCUT2D eigenvalue weighted by atomic mass is 9.78. The van der Waals surface area contributed by atoms with Crippen molar-refractivity contribution in [1.29, 1.82) is 0 Å². The SMILES string of the molecule is CCCCCCCC/C=C/CCCCCCCCCCCCCC(=O)N[C@@H](COC1OC(CC)C(C)C(C)C1C)[C@H](O)/C=C/CCCCCCCCCCCCC. The predicted molar refractivity (Wildman–Crippen MR) is 248 cm³/mol. The zero-order valence-electron chi connectivity index (χ0n) is 39.1. The van der Waals surface area contributed by atoms with Crippen molar-refractivity contribution in [2.24, 2.45) is 17.8 Å². The largest absolute Gasteiger partial charge is 0.387 e. The standard InChI is InChI=1S/C52H99NO4/c1-7-10-12-14-16-18-20-22-23-24-25-26-27-28-29-31-33-35-37-39-41-43-51(55)53-48(44-56-52-47(6)45(4)46(5)50(9-3)57-52)49(54)42-40-38-36-34-32-30-21-19-17-15-13-11-8-2/h22-23,40,42,45-50,52,54H,7-21,24-39,41,43-44H2,1-6H3,(H,53,55)/b23-22+,42-40+/t45?,46?,47?,48-,49+,50?,52?/m0/s1. The highest BCUT2D eigenvalue weighted by molar-refractivity contribution is 5.76. The Morgan fingerprint density at radius 2 is 0.965 bits per heavy atom. The minimum Gasteiger partial charge on any atom is -0.387 e. The Morgan fingerprint density at radius 1 is 0.561 bits per heavy atom. The molecule has 0 aliphatic carbocycles. The Hall–Kier alpha value is -1.17. The Bertz CT molecular complexity index is 933. The van der Waals surface area contributed by atoms with E-state index in [1.165, 1.54) is 173 Å². The maximum atomic E-state index is 13.1. The third-order valence-electron chi connectivity index (χ3n) is 13.1. The van der Waals surface area contributed by atoms with Crippen molar-refractivity contribution in [3.8, 4) is 0 Å². The van der Waals surface area contributed by atoms with Crippen LogP contribution in [0.4, 0.5) is 0 Å². The summed E-state index contributed by atoms with van der Waals surface area (Å²) in [4.78, 5) is 13.1. The average Bonchev–Trinajstić information content (AvgIpc) is 3.21. The number of nitrogens with one attached hydrogen (secondary N) is 1. The van der Waals surface area contributed by atoms with Crippen LogP contribution in [0.15, 0.2) is 24.3 Å². The number of aliphatic hydroxyl groups is 1. The molecule has 5 heteroatoms. The first-order chi connectivity index (χ1) is 27.8. The van der Waals surface area contributed by atoms with Gasteiger partial charge in [0, 0.05) is 12.3 Å². The summed E-state index contributed by atoms with van der Waals surface area (Å²) < 4.78 is 12.8. The molecule has 5 nitrogen and oxygen atoms in total. The van der Waals surface area contributed by atoms with E-state index < -0.39 is 12.1 Å². The van der Waals surface area contributed by atoms with Gasteiger partial charge in [-0.15, -0.1) is 0 Å². The zero-order chi connectivity index (χ0) is 41.6. The van der Waals surface area contributed by atoms with E-state index in [2.05, 4.69) is 65.1 Å². The van der Waals surface area contributed by atoms with Crippen LogP contribution in [0.1, 0.15) is 253 Å². The number of aliphatic hydroxyl groups excluding tert-OH is 1. The van der Waals surface area contributed by atoms with Gasteiger partial charge in [-0.25, -0.2) is 0 Å². The second-order valence-corrected chi connectivity index (χ2v) is 18.2. The minimum absolute atomic E-state index is 0.0146. The summed E-state index contributed by atoms with van der Waals surface area (Å²) in [6, 6.07) is -0.483. The molecular weight excluding hydrogens is 703 g/mol. The first-order valence-electron chi connectivity index (χ1n) is 25.4. The van der Waals surface area contributed by atoms with Crippen LogP contribution in [0.25, 0.3) is 0 Å². The molecule has 1 rings (SSSR count). The maximum absolute atomic E-state index is 13.1. The quantitative estimate of drug-likeness (QED) is 0.0478. The number of carbonyl (C=O) groups excluding carboxylic acids is 1. The maximum Gasteiger partial charge on any atom is 0.220 e. The van der Waals surface area contributed by atoms with Gasteiger partial charge in [0.2, 0.25) is 5.91 Å². The van der Waals surface area contributed by atoms with Crippen molar-refractivity contribution < 1.29 is 19.4 Å². The Balaban J connectivity index is 2.29. The van der Waals surface area contributed by atoms with Crippen LogP contribution >= 0.6 is 0 Å². The van der Waals surface area contributed by atoms with Crippen LogP contribution in [-0.2, 0) is 14.3 Å². The number of carbonyl (C=O) groups is 1. The van der Waals surface area contributed by atoms with Gasteiger partial charge in [0.05, 0.1) is 24.9 Å². The first-order valence-corrected chi connectivity index (χ1v) is 25.4. The molecule has 0 radical (unpaired) electrons.